The normalized spacial score (nSPS) is 11.3. The molecule has 1 aromatic heterocycles. The molecule has 1 amide bonds. The van der Waals surface area contributed by atoms with Crippen LogP contribution in [0.25, 0.3) is 17.1 Å². The molecule has 0 spiro atoms. The zero-order valence-electron chi connectivity index (χ0n) is 19.0. The Kier molecular flexibility index (Phi) is 7.69. The summed E-state index contributed by atoms with van der Waals surface area (Å²) in [7, 11) is 1.62. The number of methoxy groups -OCH3 is 1. The quantitative estimate of drug-likeness (QED) is 0.142. The molecule has 4 aromatic rings. The van der Waals surface area contributed by atoms with Gasteiger partial charge in [-0.05, 0) is 97.0 Å². The van der Waals surface area contributed by atoms with E-state index in [0.717, 1.165) is 28.4 Å². The molecule has 3 N–H and O–H groups in total. The lowest BCUT2D eigenvalue weighted by molar-refractivity contribution is -0.625. The Morgan fingerprint density at radius 2 is 1.80 bits per heavy atom. The molecule has 0 aliphatic heterocycles. The van der Waals surface area contributed by atoms with E-state index < -0.39 is 0 Å². The van der Waals surface area contributed by atoms with Gasteiger partial charge >= 0.3 is 5.16 Å². The number of thioether (sulfide) groups is 1. The predicted molar refractivity (Wildman–Crippen MR) is 136 cm³/mol. The van der Waals surface area contributed by atoms with Crippen LogP contribution >= 0.6 is 23.4 Å². The van der Waals surface area contributed by atoms with Crippen LogP contribution in [-0.2, 0) is 4.79 Å². The van der Waals surface area contributed by atoms with E-state index >= 15 is 0 Å². The summed E-state index contributed by atoms with van der Waals surface area (Å²) in [6.07, 6.45) is 0. The van der Waals surface area contributed by atoms with Crippen LogP contribution in [0.2, 0.25) is 5.02 Å². The molecule has 10 heteroatoms. The number of H-pyrrole nitrogens is 1. The Morgan fingerprint density at radius 1 is 1.11 bits per heavy atom. The third kappa shape index (κ3) is 6.00. The van der Waals surface area contributed by atoms with Crippen LogP contribution in [0, 0.1) is 0 Å². The van der Waals surface area contributed by atoms with E-state index in [1.807, 2.05) is 41.0 Å². The molecule has 0 unspecified atom stereocenters. The van der Waals surface area contributed by atoms with E-state index in [2.05, 4.69) is 20.7 Å². The lowest BCUT2D eigenvalue weighted by atomic mass is 10.1. The van der Waals surface area contributed by atoms with Crippen molar-refractivity contribution in [1.82, 2.24) is 15.6 Å². The van der Waals surface area contributed by atoms with Crippen molar-refractivity contribution in [1.29, 1.82) is 0 Å². The van der Waals surface area contributed by atoms with Crippen molar-refractivity contribution in [3.05, 3.63) is 83.4 Å². The van der Waals surface area contributed by atoms with Crippen LogP contribution in [0.1, 0.15) is 12.5 Å². The minimum atomic E-state index is -0.273. The van der Waals surface area contributed by atoms with Gasteiger partial charge in [-0.3, -0.25) is 4.79 Å². The van der Waals surface area contributed by atoms with Gasteiger partial charge in [-0.2, -0.15) is 9.67 Å². The number of halogens is 1. The Balaban J connectivity index is 1.53. The van der Waals surface area contributed by atoms with Gasteiger partial charge in [0.2, 0.25) is 0 Å². The van der Waals surface area contributed by atoms with Crippen molar-refractivity contribution in [2.24, 2.45) is 5.10 Å². The average molecular weight is 509 g/mol. The highest BCUT2D eigenvalue weighted by Crippen LogP contribution is 2.23. The van der Waals surface area contributed by atoms with Crippen molar-refractivity contribution in [2.75, 3.05) is 12.9 Å². The zero-order chi connectivity index (χ0) is 24.8. The number of carbonyl (C=O) groups is 1. The van der Waals surface area contributed by atoms with Gasteiger partial charge in [0.15, 0.2) is 0 Å². The monoisotopic (exact) mass is 508 g/mol. The average Bonchev–Trinajstić information content (AvgIpc) is 3.31. The number of hydrogen-bond acceptors (Lipinski definition) is 6. The highest BCUT2D eigenvalue weighted by Gasteiger charge is 2.24. The molecule has 0 aliphatic rings. The first-order valence-corrected chi connectivity index (χ1v) is 12.0. The summed E-state index contributed by atoms with van der Waals surface area (Å²) in [6.45, 7) is 1.78. The Bertz CT molecular complexity index is 1340. The van der Waals surface area contributed by atoms with E-state index in [0.29, 0.717) is 15.9 Å². The molecule has 8 nitrogen and oxygen atoms in total. The molecule has 0 saturated carbocycles. The van der Waals surface area contributed by atoms with E-state index in [-0.39, 0.29) is 17.4 Å². The zero-order valence-corrected chi connectivity index (χ0v) is 20.6. The number of ether oxygens (including phenoxy) is 1. The van der Waals surface area contributed by atoms with Gasteiger partial charge in [-0.25, -0.2) is 5.43 Å². The number of phenolic OH excluding ortho intramolecular Hbond substituents is 1. The maximum atomic E-state index is 12.5. The minimum Gasteiger partial charge on any atom is -0.508 e. The number of hydrazone groups is 1. The minimum absolute atomic E-state index is 0.104. The smallest absolute Gasteiger partial charge is 0.342 e. The summed E-state index contributed by atoms with van der Waals surface area (Å²) in [4.78, 5) is 12.5. The topological polar surface area (TPSA) is 103 Å². The molecule has 35 heavy (non-hydrogen) atoms. The van der Waals surface area contributed by atoms with Crippen LogP contribution < -0.4 is 14.7 Å². The van der Waals surface area contributed by atoms with E-state index in [9.17, 15) is 9.90 Å². The van der Waals surface area contributed by atoms with E-state index in [4.69, 9.17) is 16.3 Å². The molecule has 0 bridgehead atoms. The third-order valence-electron chi connectivity index (χ3n) is 5.09. The molecular weight excluding hydrogens is 486 g/mol. The van der Waals surface area contributed by atoms with E-state index in [1.54, 1.807) is 50.4 Å². The van der Waals surface area contributed by atoms with Crippen molar-refractivity contribution < 1.29 is 19.2 Å². The fourth-order valence-corrected chi connectivity index (χ4v) is 4.13. The maximum absolute atomic E-state index is 12.5. The van der Waals surface area contributed by atoms with Gasteiger partial charge in [0.25, 0.3) is 11.7 Å². The summed E-state index contributed by atoms with van der Waals surface area (Å²) in [5, 5.41) is 22.3. The fourth-order valence-electron chi connectivity index (χ4n) is 3.24. The lowest BCUT2D eigenvalue weighted by Crippen LogP contribution is -2.34. The number of hydrogen-bond donors (Lipinski definition) is 3. The molecule has 0 atom stereocenters. The molecule has 0 aliphatic carbocycles. The van der Waals surface area contributed by atoms with Gasteiger partial charge in [0.1, 0.15) is 17.2 Å². The third-order valence-corrected chi connectivity index (χ3v) is 6.28. The molecule has 4 rings (SSSR count). The number of phenols is 1. The van der Waals surface area contributed by atoms with Crippen molar-refractivity contribution in [3.8, 4) is 28.6 Å². The molecule has 3 aromatic carbocycles. The number of aromatic hydroxyl groups is 1. The SMILES string of the molecule is COc1ccc(-c2[nH]nc(SCC(=O)NN=C(C)c3ccc(O)cc3)[n+]2-c2ccc(Cl)cc2)cc1. The van der Waals surface area contributed by atoms with Crippen LogP contribution in [0.5, 0.6) is 11.5 Å². The molecule has 178 valence electrons. The van der Waals surface area contributed by atoms with Gasteiger partial charge in [0, 0.05) is 5.02 Å². The largest absolute Gasteiger partial charge is 0.508 e. The first-order valence-electron chi connectivity index (χ1n) is 10.6. The van der Waals surface area contributed by atoms with Crippen LogP contribution in [-0.4, -0.2) is 39.8 Å². The van der Waals surface area contributed by atoms with Gasteiger partial charge in [0.05, 0.1) is 29.2 Å². The number of aromatic nitrogens is 3. The lowest BCUT2D eigenvalue weighted by Gasteiger charge is -2.06. The van der Waals surface area contributed by atoms with Gasteiger partial charge in [-0.15, -0.1) is 5.10 Å². The highest BCUT2D eigenvalue weighted by molar-refractivity contribution is 7.99. The Hall–Kier alpha value is -3.82. The maximum Gasteiger partial charge on any atom is 0.342 e. The van der Waals surface area contributed by atoms with E-state index in [1.165, 1.54) is 11.8 Å². The van der Waals surface area contributed by atoms with Crippen LogP contribution in [0.15, 0.2) is 83.1 Å². The van der Waals surface area contributed by atoms with Crippen LogP contribution in [0.4, 0.5) is 0 Å². The van der Waals surface area contributed by atoms with Gasteiger partial charge in [-0.1, -0.05) is 11.6 Å². The number of carbonyl (C=O) groups excluding carboxylic acids is 1. The van der Waals surface area contributed by atoms with Crippen molar-refractivity contribution >= 4 is 35.0 Å². The molecule has 0 radical (unpaired) electrons. The number of amides is 1. The predicted octanol–water partition coefficient (Wildman–Crippen LogP) is 4.35. The summed E-state index contributed by atoms with van der Waals surface area (Å²) in [6, 6.07) is 21.6. The first kappa shape index (κ1) is 24.3. The molecule has 0 saturated heterocycles. The molecular formula is C25H23ClN5O3S+. The Labute approximate surface area is 211 Å². The van der Waals surface area contributed by atoms with Crippen molar-refractivity contribution in [3.63, 3.8) is 0 Å². The summed E-state index contributed by atoms with van der Waals surface area (Å²) in [5.41, 5.74) is 5.74. The second kappa shape index (κ2) is 11.1. The summed E-state index contributed by atoms with van der Waals surface area (Å²) >= 11 is 7.36. The second-order valence-corrected chi connectivity index (χ2v) is 8.84. The number of rotatable bonds is 8. The number of benzene rings is 3. The number of aromatic amines is 1. The van der Waals surface area contributed by atoms with Crippen LogP contribution in [0.3, 0.4) is 0 Å². The summed E-state index contributed by atoms with van der Waals surface area (Å²) in [5.74, 6) is 1.50. The number of nitrogens with one attached hydrogen (secondary N) is 2. The Morgan fingerprint density at radius 3 is 2.46 bits per heavy atom. The van der Waals surface area contributed by atoms with Crippen molar-refractivity contribution in [2.45, 2.75) is 12.1 Å². The molecule has 0 fully saturated rings. The summed E-state index contributed by atoms with van der Waals surface area (Å²) < 4.78 is 7.19. The molecule has 1 heterocycles. The first-order chi connectivity index (χ1) is 16.9. The fraction of sp³-hybridized carbons (Fsp3) is 0.120. The highest BCUT2D eigenvalue weighted by atomic mass is 35.5. The standard InChI is InChI=1S/C25H22ClN5O3S/c1-16(17-3-11-21(32)12-4-17)27-28-23(33)15-35-25-30-29-24(18-5-13-22(34-2)14-6-18)31(25)20-9-7-19(26)8-10-20/h3-14H,15H2,1-2H3,(H2,27,28,32,33)/p+1. The second-order valence-electron chi connectivity index (χ2n) is 7.46. The number of nitrogens with zero attached hydrogens (tertiary/aromatic N) is 3. The van der Waals surface area contributed by atoms with Gasteiger partial charge < -0.3 is 9.84 Å².